The monoisotopic (exact) mass is 488 g/mol. The maximum Gasteiger partial charge on any atom is 0.193 e. The fourth-order valence-electron chi connectivity index (χ4n) is 4.23. The zero-order valence-electron chi connectivity index (χ0n) is 17.2. The molecule has 27 heavy (non-hydrogen) atoms. The number of imidazole rings is 1. The summed E-state index contributed by atoms with van der Waals surface area (Å²) < 4.78 is 2.26. The predicted octanol–water partition coefficient (Wildman–Crippen LogP) is 3.08. The SMILES string of the molecule is CCNC(=NCC(C)CN1CCCC1)N1CCC(C)C(n2ccnc2)C1.I. The van der Waals surface area contributed by atoms with Crippen LogP contribution in [0, 0.1) is 11.8 Å². The summed E-state index contributed by atoms with van der Waals surface area (Å²) in [6.45, 7) is 14.5. The lowest BCUT2D eigenvalue weighted by Crippen LogP contribution is -2.49. The van der Waals surface area contributed by atoms with Gasteiger partial charge in [0, 0.05) is 45.1 Å². The highest BCUT2D eigenvalue weighted by atomic mass is 127. The average Bonchev–Trinajstić information content (AvgIpc) is 3.33. The van der Waals surface area contributed by atoms with Gasteiger partial charge in [0.2, 0.25) is 0 Å². The Hall–Kier alpha value is -0.830. The fraction of sp³-hybridized carbons (Fsp3) is 0.800. The maximum atomic E-state index is 5.00. The van der Waals surface area contributed by atoms with Gasteiger partial charge in [-0.05, 0) is 51.1 Å². The molecule has 0 amide bonds. The van der Waals surface area contributed by atoms with E-state index in [9.17, 15) is 0 Å². The van der Waals surface area contributed by atoms with Gasteiger partial charge in [0.1, 0.15) is 0 Å². The van der Waals surface area contributed by atoms with Crippen molar-refractivity contribution in [2.24, 2.45) is 16.8 Å². The Balaban J connectivity index is 0.00000261. The largest absolute Gasteiger partial charge is 0.357 e. The van der Waals surface area contributed by atoms with E-state index in [1.54, 1.807) is 0 Å². The van der Waals surface area contributed by atoms with E-state index < -0.39 is 0 Å². The van der Waals surface area contributed by atoms with Crippen molar-refractivity contribution in [3.05, 3.63) is 18.7 Å². The van der Waals surface area contributed by atoms with Crippen LogP contribution in [-0.2, 0) is 0 Å². The first-order valence-corrected chi connectivity index (χ1v) is 10.4. The zero-order valence-corrected chi connectivity index (χ0v) is 19.5. The van der Waals surface area contributed by atoms with Gasteiger partial charge >= 0.3 is 0 Å². The van der Waals surface area contributed by atoms with Crippen LogP contribution in [0.5, 0.6) is 0 Å². The van der Waals surface area contributed by atoms with E-state index in [0.29, 0.717) is 17.9 Å². The van der Waals surface area contributed by atoms with Crippen LogP contribution < -0.4 is 5.32 Å². The van der Waals surface area contributed by atoms with E-state index in [1.807, 2.05) is 12.5 Å². The molecule has 2 aliphatic heterocycles. The van der Waals surface area contributed by atoms with Crippen LogP contribution in [0.15, 0.2) is 23.7 Å². The van der Waals surface area contributed by atoms with Gasteiger partial charge in [0.25, 0.3) is 0 Å². The summed E-state index contributed by atoms with van der Waals surface area (Å²) in [6.07, 6.45) is 9.84. The van der Waals surface area contributed by atoms with Gasteiger partial charge in [-0.15, -0.1) is 24.0 Å². The van der Waals surface area contributed by atoms with Crippen molar-refractivity contribution >= 4 is 29.9 Å². The Kier molecular flexibility index (Phi) is 9.35. The quantitative estimate of drug-likeness (QED) is 0.380. The van der Waals surface area contributed by atoms with Gasteiger partial charge in [-0.3, -0.25) is 4.99 Å². The molecule has 6 nitrogen and oxygen atoms in total. The molecule has 0 bridgehead atoms. The van der Waals surface area contributed by atoms with E-state index >= 15 is 0 Å². The minimum Gasteiger partial charge on any atom is -0.357 e. The summed E-state index contributed by atoms with van der Waals surface area (Å²) >= 11 is 0. The highest BCUT2D eigenvalue weighted by Crippen LogP contribution is 2.27. The zero-order chi connectivity index (χ0) is 18.4. The number of piperidine rings is 1. The first-order valence-electron chi connectivity index (χ1n) is 10.4. The number of hydrogen-bond donors (Lipinski definition) is 1. The standard InChI is InChI=1S/C20H36N6.HI/c1-4-22-20(23-13-17(2)14-24-9-5-6-10-24)25-11-7-18(3)19(15-25)26-12-8-21-16-26;/h8,12,16-19H,4-7,9-11,13-15H2,1-3H3,(H,22,23);1H. The molecule has 0 aromatic carbocycles. The third-order valence-electron chi connectivity index (χ3n) is 5.78. The molecule has 7 heteroatoms. The number of guanidine groups is 1. The van der Waals surface area contributed by atoms with Gasteiger partial charge in [-0.25, -0.2) is 4.98 Å². The van der Waals surface area contributed by atoms with Crippen LogP contribution in [0.4, 0.5) is 0 Å². The van der Waals surface area contributed by atoms with E-state index in [2.05, 4.69) is 51.6 Å². The van der Waals surface area contributed by atoms with Crippen molar-refractivity contribution in [2.75, 3.05) is 45.8 Å². The number of likely N-dealkylation sites (tertiary alicyclic amines) is 2. The number of aromatic nitrogens is 2. The molecule has 2 saturated heterocycles. The van der Waals surface area contributed by atoms with E-state index in [4.69, 9.17) is 4.99 Å². The second-order valence-electron chi connectivity index (χ2n) is 8.10. The molecule has 1 aromatic rings. The Morgan fingerprint density at radius 1 is 1.30 bits per heavy atom. The van der Waals surface area contributed by atoms with Crippen LogP contribution in [0.1, 0.15) is 46.1 Å². The van der Waals surface area contributed by atoms with Crippen LogP contribution in [0.2, 0.25) is 0 Å². The smallest absolute Gasteiger partial charge is 0.193 e. The second-order valence-corrected chi connectivity index (χ2v) is 8.10. The molecule has 154 valence electrons. The number of nitrogens with zero attached hydrogens (tertiary/aromatic N) is 5. The molecule has 3 heterocycles. The highest BCUT2D eigenvalue weighted by Gasteiger charge is 2.29. The number of rotatable bonds is 6. The minimum absolute atomic E-state index is 0. The first kappa shape index (κ1) is 22.5. The molecule has 2 fully saturated rings. The van der Waals surface area contributed by atoms with Crippen molar-refractivity contribution in [1.82, 2.24) is 24.7 Å². The number of hydrogen-bond acceptors (Lipinski definition) is 3. The summed E-state index contributed by atoms with van der Waals surface area (Å²) in [5.74, 6) is 2.35. The van der Waals surface area contributed by atoms with E-state index in [-0.39, 0.29) is 24.0 Å². The molecule has 0 spiro atoms. The van der Waals surface area contributed by atoms with E-state index in [0.717, 1.165) is 32.1 Å². The molecular formula is C20H37IN6. The van der Waals surface area contributed by atoms with Crippen molar-refractivity contribution in [3.8, 4) is 0 Å². The molecule has 2 aliphatic rings. The molecule has 0 radical (unpaired) electrons. The van der Waals surface area contributed by atoms with Gasteiger partial charge in [0.05, 0.1) is 12.4 Å². The summed E-state index contributed by atoms with van der Waals surface area (Å²) in [4.78, 5) is 14.3. The summed E-state index contributed by atoms with van der Waals surface area (Å²) in [5.41, 5.74) is 0. The first-order chi connectivity index (χ1) is 12.7. The summed E-state index contributed by atoms with van der Waals surface area (Å²) in [5, 5.41) is 3.52. The molecule has 0 saturated carbocycles. The normalized spacial score (nSPS) is 25.3. The van der Waals surface area contributed by atoms with Crippen LogP contribution >= 0.6 is 24.0 Å². The number of halogens is 1. The molecule has 1 N–H and O–H groups in total. The Bertz CT molecular complexity index is 555. The molecule has 3 rings (SSSR count). The van der Waals surface area contributed by atoms with Gasteiger partial charge < -0.3 is 19.7 Å². The van der Waals surface area contributed by atoms with Crippen molar-refractivity contribution in [2.45, 2.75) is 46.1 Å². The third-order valence-corrected chi connectivity index (χ3v) is 5.78. The van der Waals surface area contributed by atoms with Gasteiger partial charge in [-0.1, -0.05) is 13.8 Å². The van der Waals surface area contributed by atoms with Crippen LogP contribution in [-0.4, -0.2) is 71.1 Å². The second kappa shape index (κ2) is 11.2. The van der Waals surface area contributed by atoms with Crippen LogP contribution in [0.3, 0.4) is 0 Å². The Labute approximate surface area is 181 Å². The number of nitrogens with one attached hydrogen (secondary N) is 1. The molecule has 1 aromatic heterocycles. The lowest BCUT2D eigenvalue weighted by Gasteiger charge is -2.39. The Morgan fingerprint density at radius 3 is 2.74 bits per heavy atom. The summed E-state index contributed by atoms with van der Waals surface area (Å²) in [7, 11) is 0. The molecular weight excluding hydrogens is 451 g/mol. The third kappa shape index (κ3) is 6.34. The lowest BCUT2D eigenvalue weighted by atomic mass is 9.93. The number of aliphatic imine (C=N–C) groups is 1. The van der Waals surface area contributed by atoms with Gasteiger partial charge in [-0.2, -0.15) is 0 Å². The fourth-order valence-corrected chi connectivity index (χ4v) is 4.23. The minimum atomic E-state index is 0. The lowest BCUT2D eigenvalue weighted by molar-refractivity contribution is 0.188. The Morgan fingerprint density at radius 2 is 2.07 bits per heavy atom. The van der Waals surface area contributed by atoms with E-state index in [1.165, 1.54) is 38.9 Å². The maximum absolute atomic E-state index is 5.00. The topological polar surface area (TPSA) is 48.7 Å². The summed E-state index contributed by atoms with van der Waals surface area (Å²) in [6, 6.07) is 0.470. The molecule has 3 unspecified atom stereocenters. The van der Waals surface area contributed by atoms with Gasteiger partial charge in [0.15, 0.2) is 5.96 Å². The predicted molar refractivity (Wildman–Crippen MR) is 123 cm³/mol. The van der Waals surface area contributed by atoms with Crippen molar-refractivity contribution < 1.29 is 0 Å². The average molecular weight is 488 g/mol. The molecule has 0 aliphatic carbocycles. The highest BCUT2D eigenvalue weighted by molar-refractivity contribution is 14.0. The van der Waals surface area contributed by atoms with Crippen molar-refractivity contribution in [1.29, 1.82) is 0 Å². The van der Waals surface area contributed by atoms with Crippen molar-refractivity contribution in [3.63, 3.8) is 0 Å². The molecule has 3 atom stereocenters. The van der Waals surface area contributed by atoms with Crippen LogP contribution in [0.25, 0.3) is 0 Å².